The molecule has 0 fully saturated rings. The maximum atomic E-state index is 12.9. The van der Waals surface area contributed by atoms with Crippen molar-refractivity contribution in [3.63, 3.8) is 0 Å². The lowest BCUT2D eigenvalue weighted by molar-refractivity contribution is 0.412. The van der Waals surface area contributed by atoms with E-state index in [1.165, 1.54) is 23.9 Å². The van der Waals surface area contributed by atoms with E-state index < -0.39 is 0 Å². The number of nitrogens with one attached hydrogen (secondary N) is 1. The minimum atomic E-state index is -0.237. The lowest BCUT2D eigenvalue weighted by Crippen LogP contribution is -1.93. The van der Waals surface area contributed by atoms with Crippen LogP contribution in [0.1, 0.15) is 17.3 Å². The highest BCUT2D eigenvalue weighted by Crippen LogP contribution is 2.22. The Hall–Kier alpha value is -2.67. The molecule has 0 amide bonds. The maximum Gasteiger partial charge on any atom is 0.276 e. The number of benzene rings is 2. The number of H-pyrrole nitrogens is 1. The molecule has 2 aromatic carbocycles. The van der Waals surface area contributed by atoms with Crippen molar-refractivity contribution in [1.82, 2.24) is 20.2 Å². The number of aromatic nitrogens is 4. The Morgan fingerprint density at radius 2 is 1.84 bits per heavy atom. The molecule has 0 bridgehead atoms. The van der Waals surface area contributed by atoms with Gasteiger partial charge in [0.15, 0.2) is 0 Å². The molecule has 0 spiro atoms. The number of fused-ring (bicyclic) bond motifs is 1. The summed E-state index contributed by atoms with van der Waals surface area (Å²) in [6.45, 7) is 0. The zero-order valence-corrected chi connectivity index (χ0v) is 14.1. The molecule has 5 nitrogen and oxygen atoms in total. The summed E-state index contributed by atoms with van der Waals surface area (Å²) < 4.78 is 18.5. The van der Waals surface area contributed by atoms with Crippen LogP contribution >= 0.6 is 11.8 Å². The van der Waals surface area contributed by atoms with E-state index in [-0.39, 0.29) is 5.82 Å². The largest absolute Gasteiger partial charge is 0.416 e. The summed E-state index contributed by atoms with van der Waals surface area (Å²) in [7, 11) is 0. The molecular formula is C18H15FN4OS. The number of aromatic amines is 1. The fraction of sp³-hybridized carbons (Fsp3) is 0.167. The van der Waals surface area contributed by atoms with Crippen LogP contribution in [0, 0.1) is 5.82 Å². The third kappa shape index (κ3) is 3.88. The molecule has 0 aliphatic carbocycles. The van der Waals surface area contributed by atoms with Crippen LogP contribution in [0.3, 0.4) is 0 Å². The smallest absolute Gasteiger partial charge is 0.276 e. The van der Waals surface area contributed by atoms with Crippen molar-refractivity contribution in [3.05, 3.63) is 71.6 Å². The molecule has 25 heavy (non-hydrogen) atoms. The van der Waals surface area contributed by atoms with Gasteiger partial charge in [-0.3, -0.25) is 0 Å². The van der Waals surface area contributed by atoms with Gasteiger partial charge in [-0.2, -0.15) is 0 Å². The lowest BCUT2D eigenvalue weighted by Gasteiger charge is -1.97. The third-order valence-corrected chi connectivity index (χ3v) is 4.63. The Morgan fingerprint density at radius 1 is 1.00 bits per heavy atom. The third-order valence-electron chi connectivity index (χ3n) is 3.74. The molecule has 7 heteroatoms. The predicted octanol–water partition coefficient (Wildman–Crippen LogP) is 4.16. The molecule has 0 atom stereocenters. The molecule has 4 aromatic rings. The Balaban J connectivity index is 1.33. The first-order valence-electron chi connectivity index (χ1n) is 7.89. The van der Waals surface area contributed by atoms with Gasteiger partial charge in [0.25, 0.3) is 5.22 Å². The summed E-state index contributed by atoms with van der Waals surface area (Å²) in [5.41, 5.74) is 2.99. The van der Waals surface area contributed by atoms with E-state index in [1.54, 1.807) is 12.1 Å². The summed E-state index contributed by atoms with van der Waals surface area (Å²) in [6, 6.07) is 14.3. The normalized spacial score (nSPS) is 11.2. The van der Waals surface area contributed by atoms with Gasteiger partial charge in [0, 0.05) is 18.6 Å². The molecule has 2 heterocycles. The second-order valence-corrected chi connectivity index (χ2v) is 6.50. The van der Waals surface area contributed by atoms with Gasteiger partial charge in [-0.05, 0) is 29.8 Å². The van der Waals surface area contributed by atoms with Crippen LogP contribution in [-0.2, 0) is 18.6 Å². The Morgan fingerprint density at radius 3 is 2.68 bits per heavy atom. The van der Waals surface area contributed by atoms with Gasteiger partial charge < -0.3 is 9.40 Å². The molecule has 0 aliphatic rings. The monoisotopic (exact) mass is 354 g/mol. The van der Waals surface area contributed by atoms with E-state index in [4.69, 9.17) is 4.42 Å². The highest BCUT2D eigenvalue weighted by molar-refractivity contribution is 7.98. The number of imidazole rings is 1. The average Bonchev–Trinajstić information content (AvgIpc) is 3.25. The van der Waals surface area contributed by atoms with Crippen molar-refractivity contribution < 1.29 is 8.81 Å². The molecule has 1 N–H and O–H groups in total. The molecule has 4 rings (SSSR count). The van der Waals surface area contributed by atoms with E-state index in [0.717, 1.165) is 22.4 Å². The van der Waals surface area contributed by atoms with Gasteiger partial charge in [-0.15, -0.1) is 10.2 Å². The van der Waals surface area contributed by atoms with Gasteiger partial charge >= 0.3 is 0 Å². The molecule has 0 saturated heterocycles. The first-order chi connectivity index (χ1) is 12.3. The molecule has 0 aliphatic heterocycles. The Bertz CT molecular complexity index is 947. The zero-order valence-electron chi connectivity index (χ0n) is 13.3. The Labute approximate surface area is 147 Å². The maximum absolute atomic E-state index is 12.9. The van der Waals surface area contributed by atoms with Crippen LogP contribution in [-0.4, -0.2) is 20.2 Å². The van der Waals surface area contributed by atoms with Crippen LogP contribution in [0.5, 0.6) is 0 Å². The van der Waals surface area contributed by atoms with Crippen LogP contribution in [0.4, 0.5) is 4.39 Å². The van der Waals surface area contributed by atoms with Crippen molar-refractivity contribution in [1.29, 1.82) is 0 Å². The van der Waals surface area contributed by atoms with Gasteiger partial charge in [-0.25, -0.2) is 9.37 Å². The summed E-state index contributed by atoms with van der Waals surface area (Å²) in [4.78, 5) is 7.82. The van der Waals surface area contributed by atoms with Crippen molar-refractivity contribution in [2.24, 2.45) is 0 Å². The van der Waals surface area contributed by atoms with Crippen LogP contribution in [0.2, 0.25) is 0 Å². The summed E-state index contributed by atoms with van der Waals surface area (Å²) >= 11 is 1.44. The number of halogens is 1. The first kappa shape index (κ1) is 15.8. The van der Waals surface area contributed by atoms with Gasteiger partial charge in [0.05, 0.1) is 11.0 Å². The highest BCUT2D eigenvalue weighted by atomic mass is 32.2. The highest BCUT2D eigenvalue weighted by Gasteiger charge is 2.09. The summed E-state index contributed by atoms with van der Waals surface area (Å²) in [5.74, 6) is 1.91. The zero-order chi connectivity index (χ0) is 17.1. The molecule has 2 aromatic heterocycles. The second-order valence-electron chi connectivity index (χ2n) is 5.58. The van der Waals surface area contributed by atoms with Crippen molar-refractivity contribution in [2.75, 3.05) is 0 Å². The number of para-hydroxylation sites is 2. The van der Waals surface area contributed by atoms with Gasteiger partial charge in [-0.1, -0.05) is 36.0 Å². The number of thioether (sulfide) groups is 1. The van der Waals surface area contributed by atoms with E-state index in [9.17, 15) is 4.39 Å². The minimum Gasteiger partial charge on any atom is -0.416 e. The van der Waals surface area contributed by atoms with E-state index in [1.807, 2.05) is 24.3 Å². The van der Waals surface area contributed by atoms with Crippen molar-refractivity contribution in [2.45, 2.75) is 23.8 Å². The van der Waals surface area contributed by atoms with Crippen molar-refractivity contribution >= 4 is 22.8 Å². The fourth-order valence-corrected chi connectivity index (χ4v) is 3.21. The molecular weight excluding hydrogens is 339 g/mol. The lowest BCUT2D eigenvalue weighted by atomic mass is 10.2. The SMILES string of the molecule is Fc1ccc(CSc2nnc(CCc3nc4ccccc4[nH]3)o2)cc1. The fourth-order valence-electron chi connectivity index (χ4n) is 2.47. The minimum absolute atomic E-state index is 0.237. The molecule has 0 radical (unpaired) electrons. The number of hydrogen-bond acceptors (Lipinski definition) is 5. The van der Waals surface area contributed by atoms with Gasteiger partial charge in [0.2, 0.25) is 5.89 Å². The molecule has 0 saturated carbocycles. The van der Waals surface area contributed by atoms with Crippen LogP contribution < -0.4 is 0 Å². The number of nitrogens with zero attached hydrogens (tertiary/aromatic N) is 3. The van der Waals surface area contributed by atoms with E-state index in [0.29, 0.717) is 29.7 Å². The topological polar surface area (TPSA) is 67.6 Å². The second kappa shape index (κ2) is 7.06. The summed E-state index contributed by atoms with van der Waals surface area (Å²) in [6.07, 6.45) is 1.34. The molecule has 0 unspecified atom stereocenters. The average molecular weight is 354 g/mol. The van der Waals surface area contributed by atoms with Gasteiger partial charge in [0.1, 0.15) is 11.6 Å². The quantitative estimate of drug-likeness (QED) is 0.527. The predicted molar refractivity (Wildman–Crippen MR) is 93.8 cm³/mol. The standard InChI is InChI=1S/C18H15FN4OS/c19-13-7-5-12(6-8-13)11-25-18-23-22-17(24-18)10-9-16-20-14-3-1-2-4-15(14)21-16/h1-8H,9-11H2,(H,20,21). The first-order valence-corrected chi connectivity index (χ1v) is 8.88. The Kier molecular flexibility index (Phi) is 4.47. The number of rotatable bonds is 6. The molecule has 126 valence electrons. The number of aryl methyl sites for hydroxylation is 2. The van der Waals surface area contributed by atoms with Crippen LogP contribution in [0.15, 0.2) is 58.2 Å². The number of hydrogen-bond donors (Lipinski definition) is 1. The van der Waals surface area contributed by atoms with Crippen LogP contribution in [0.25, 0.3) is 11.0 Å². The van der Waals surface area contributed by atoms with E-state index >= 15 is 0 Å². The summed E-state index contributed by atoms with van der Waals surface area (Å²) in [5, 5.41) is 8.64. The van der Waals surface area contributed by atoms with E-state index in [2.05, 4.69) is 20.2 Å². The van der Waals surface area contributed by atoms with Crippen molar-refractivity contribution in [3.8, 4) is 0 Å².